The first kappa shape index (κ1) is 16.6. The molecule has 6 heteroatoms. The lowest BCUT2D eigenvalue weighted by Crippen LogP contribution is -2.54. The first-order chi connectivity index (χ1) is 11.5. The number of aromatic nitrogens is 3. The molecule has 24 heavy (non-hydrogen) atoms. The number of esters is 1. The van der Waals surface area contributed by atoms with Gasteiger partial charge in [0.1, 0.15) is 18.3 Å². The molecular formula is C18H23N3O3. The fraction of sp³-hybridized carbons (Fsp3) is 0.500. The second-order valence-electron chi connectivity index (χ2n) is 6.77. The minimum absolute atomic E-state index is 0.0619. The van der Waals surface area contributed by atoms with E-state index in [9.17, 15) is 9.90 Å². The summed E-state index contributed by atoms with van der Waals surface area (Å²) in [7, 11) is 1.37. The number of hydrogen-bond acceptors (Lipinski definition) is 5. The number of benzene rings is 1. The predicted molar refractivity (Wildman–Crippen MR) is 88.0 cm³/mol. The number of ether oxygens (including phenoxy) is 1. The van der Waals surface area contributed by atoms with Crippen LogP contribution in [0.25, 0.3) is 0 Å². The van der Waals surface area contributed by atoms with Crippen molar-refractivity contribution >= 4 is 5.97 Å². The average molecular weight is 329 g/mol. The number of methoxy groups -OCH3 is 1. The van der Waals surface area contributed by atoms with E-state index in [2.05, 4.69) is 10.1 Å². The van der Waals surface area contributed by atoms with Gasteiger partial charge >= 0.3 is 5.97 Å². The van der Waals surface area contributed by atoms with Crippen LogP contribution in [0.2, 0.25) is 0 Å². The molecule has 1 aliphatic rings. The van der Waals surface area contributed by atoms with Crippen LogP contribution < -0.4 is 0 Å². The van der Waals surface area contributed by atoms with Crippen LogP contribution in [-0.2, 0) is 22.5 Å². The lowest BCUT2D eigenvalue weighted by Gasteiger charge is -2.40. The molecule has 3 atom stereocenters. The molecule has 0 saturated heterocycles. The van der Waals surface area contributed by atoms with Gasteiger partial charge in [0.05, 0.1) is 19.1 Å². The zero-order chi connectivity index (χ0) is 17.2. The molecule has 2 aromatic rings. The first-order valence-corrected chi connectivity index (χ1v) is 8.17. The van der Waals surface area contributed by atoms with Crippen molar-refractivity contribution in [2.45, 2.75) is 38.3 Å². The molecule has 3 rings (SSSR count). The van der Waals surface area contributed by atoms with Crippen molar-refractivity contribution in [3.05, 3.63) is 48.5 Å². The maximum atomic E-state index is 12.5. The van der Waals surface area contributed by atoms with E-state index < -0.39 is 11.0 Å². The van der Waals surface area contributed by atoms with Crippen LogP contribution in [0.4, 0.5) is 0 Å². The highest BCUT2D eigenvalue weighted by atomic mass is 16.5. The Kier molecular flexibility index (Phi) is 4.41. The second kappa shape index (κ2) is 6.36. The molecule has 1 heterocycles. The molecule has 6 nitrogen and oxygen atoms in total. The molecule has 0 spiro atoms. The molecule has 1 saturated carbocycles. The zero-order valence-corrected chi connectivity index (χ0v) is 14.1. The Balaban J connectivity index is 1.94. The predicted octanol–water partition coefficient (Wildman–Crippen LogP) is 1.84. The van der Waals surface area contributed by atoms with Crippen molar-refractivity contribution < 1.29 is 14.6 Å². The zero-order valence-electron chi connectivity index (χ0n) is 14.1. The van der Waals surface area contributed by atoms with Crippen molar-refractivity contribution in [3.8, 4) is 0 Å². The third-order valence-corrected chi connectivity index (χ3v) is 5.45. The molecule has 0 unspecified atom stereocenters. The standard InChI is InChI=1S/C18H23N3O3/c1-17(16(22)24-2)9-8-15(10-14-6-4-3-5-7-14)18(17,23)11-21-13-19-12-20-21/h3-7,12-13,15,23H,8-11H2,1-2H3/t15-,17+,18-/m0/s1. The molecule has 1 N–H and O–H groups in total. The van der Waals surface area contributed by atoms with Gasteiger partial charge in [-0.05, 0) is 37.7 Å². The van der Waals surface area contributed by atoms with Gasteiger partial charge in [0, 0.05) is 0 Å². The number of aliphatic hydroxyl groups is 1. The van der Waals surface area contributed by atoms with Gasteiger partial charge in [0.25, 0.3) is 0 Å². The second-order valence-corrected chi connectivity index (χ2v) is 6.77. The SMILES string of the molecule is COC(=O)[C@@]1(C)CC[C@@H](Cc2ccccc2)[C@@]1(O)Cn1cncn1. The van der Waals surface area contributed by atoms with Crippen LogP contribution in [0.15, 0.2) is 43.0 Å². The lowest BCUT2D eigenvalue weighted by molar-refractivity contribution is -0.173. The van der Waals surface area contributed by atoms with Crippen LogP contribution in [0.5, 0.6) is 0 Å². The minimum Gasteiger partial charge on any atom is -0.469 e. The normalized spacial score (nSPS) is 29.5. The molecule has 1 aromatic heterocycles. The van der Waals surface area contributed by atoms with Crippen molar-refractivity contribution in [1.29, 1.82) is 0 Å². The van der Waals surface area contributed by atoms with Gasteiger partial charge in [-0.1, -0.05) is 30.3 Å². The van der Waals surface area contributed by atoms with E-state index in [-0.39, 0.29) is 18.4 Å². The molecular weight excluding hydrogens is 306 g/mol. The van der Waals surface area contributed by atoms with Crippen LogP contribution in [-0.4, -0.2) is 38.6 Å². The summed E-state index contributed by atoms with van der Waals surface area (Å²) in [6.45, 7) is 2.01. The molecule has 0 bridgehead atoms. The highest BCUT2D eigenvalue weighted by Gasteiger charge is 2.61. The number of rotatable bonds is 5. The quantitative estimate of drug-likeness (QED) is 0.847. The minimum atomic E-state index is -1.25. The Morgan fingerprint density at radius 3 is 2.79 bits per heavy atom. The topological polar surface area (TPSA) is 77.2 Å². The van der Waals surface area contributed by atoms with Gasteiger partial charge in [-0.2, -0.15) is 5.10 Å². The van der Waals surface area contributed by atoms with Crippen LogP contribution in [0, 0.1) is 11.3 Å². The molecule has 1 aromatic carbocycles. The Morgan fingerprint density at radius 1 is 1.42 bits per heavy atom. The Bertz CT molecular complexity index is 689. The van der Waals surface area contributed by atoms with Gasteiger partial charge < -0.3 is 9.84 Å². The smallest absolute Gasteiger partial charge is 0.314 e. The first-order valence-electron chi connectivity index (χ1n) is 8.17. The van der Waals surface area contributed by atoms with E-state index in [1.165, 1.54) is 13.4 Å². The monoisotopic (exact) mass is 329 g/mol. The van der Waals surface area contributed by atoms with Gasteiger partial charge in [-0.25, -0.2) is 4.98 Å². The average Bonchev–Trinajstić information content (AvgIpc) is 3.18. The van der Waals surface area contributed by atoms with Crippen molar-refractivity contribution in [2.75, 3.05) is 7.11 Å². The number of hydrogen-bond donors (Lipinski definition) is 1. The third-order valence-electron chi connectivity index (χ3n) is 5.45. The van der Waals surface area contributed by atoms with Crippen molar-refractivity contribution in [1.82, 2.24) is 14.8 Å². The van der Waals surface area contributed by atoms with Gasteiger partial charge in [0.15, 0.2) is 0 Å². The summed E-state index contributed by atoms with van der Waals surface area (Å²) in [4.78, 5) is 16.4. The van der Waals surface area contributed by atoms with E-state index in [0.717, 1.165) is 12.0 Å². The molecule has 0 aliphatic heterocycles. The summed E-state index contributed by atoms with van der Waals surface area (Å²) in [6, 6.07) is 10.0. The molecule has 1 aliphatic carbocycles. The van der Waals surface area contributed by atoms with Crippen LogP contribution in [0.1, 0.15) is 25.3 Å². The molecule has 128 valence electrons. The van der Waals surface area contributed by atoms with Gasteiger partial charge in [-0.15, -0.1) is 0 Å². The van der Waals surface area contributed by atoms with Crippen LogP contribution in [0.3, 0.4) is 0 Å². The molecule has 0 amide bonds. The Hall–Kier alpha value is -2.21. The summed E-state index contributed by atoms with van der Waals surface area (Å²) in [5.41, 5.74) is -1.06. The Morgan fingerprint density at radius 2 is 2.17 bits per heavy atom. The Labute approximate surface area is 141 Å². The van der Waals surface area contributed by atoms with Crippen molar-refractivity contribution in [3.63, 3.8) is 0 Å². The summed E-state index contributed by atoms with van der Waals surface area (Å²) < 4.78 is 6.59. The summed E-state index contributed by atoms with van der Waals surface area (Å²) in [5.74, 6) is -0.436. The van der Waals surface area contributed by atoms with E-state index in [1.54, 1.807) is 17.9 Å². The fourth-order valence-corrected chi connectivity index (χ4v) is 3.91. The van der Waals surface area contributed by atoms with E-state index in [0.29, 0.717) is 12.8 Å². The number of carbonyl (C=O) groups excluding carboxylic acids is 1. The van der Waals surface area contributed by atoms with E-state index in [1.807, 2.05) is 30.3 Å². The van der Waals surface area contributed by atoms with E-state index >= 15 is 0 Å². The number of nitrogens with zero attached hydrogens (tertiary/aromatic N) is 3. The number of carbonyl (C=O) groups is 1. The van der Waals surface area contributed by atoms with Crippen LogP contribution >= 0.6 is 0 Å². The van der Waals surface area contributed by atoms with Gasteiger partial charge in [-0.3, -0.25) is 9.48 Å². The fourth-order valence-electron chi connectivity index (χ4n) is 3.91. The summed E-state index contributed by atoms with van der Waals surface area (Å²) in [5, 5.41) is 15.7. The third kappa shape index (κ3) is 2.71. The molecule has 0 radical (unpaired) electrons. The van der Waals surface area contributed by atoms with Crippen molar-refractivity contribution in [2.24, 2.45) is 11.3 Å². The highest BCUT2D eigenvalue weighted by Crippen LogP contribution is 2.52. The molecule has 1 fully saturated rings. The maximum absolute atomic E-state index is 12.5. The highest BCUT2D eigenvalue weighted by molar-refractivity contribution is 5.78. The van der Waals surface area contributed by atoms with E-state index in [4.69, 9.17) is 4.74 Å². The lowest BCUT2D eigenvalue weighted by atomic mass is 9.71. The maximum Gasteiger partial charge on any atom is 0.314 e. The van der Waals surface area contributed by atoms with Gasteiger partial charge in [0.2, 0.25) is 0 Å². The largest absolute Gasteiger partial charge is 0.469 e. The summed E-state index contributed by atoms with van der Waals surface area (Å²) >= 11 is 0. The summed E-state index contributed by atoms with van der Waals surface area (Å²) in [6.07, 6.45) is 5.04.